The Labute approximate surface area is 234 Å². The van der Waals surface area contributed by atoms with Crippen LogP contribution in [0.1, 0.15) is 81.5 Å². The van der Waals surface area contributed by atoms with Gasteiger partial charge in [-0.05, 0) is 81.1 Å². The number of benzene rings is 1. The lowest BCUT2D eigenvalue weighted by Crippen LogP contribution is -2.51. The standard InChI is InChI=1S/C30H41FN2O7/c1-29(8-3-9-29)15-32-27(36)24-17-4-5-18(12-17)25(24)33-26(35)20-13-23(21(31)14-22(20)39-2)40-19-6-10-30(16-34,11-7-19)28(37)38/h13-14,17-19,24-25,34H,3-12,15-16H2,1-2H3,(H,32,36)(H,33,35)(H,37,38)/t17-,18+,19-,24+,25-,30+/m1/s1. The van der Waals surface area contributed by atoms with E-state index in [1.165, 1.54) is 19.6 Å². The predicted octanol–water partition coefficient (Wildman–Crippen LogP) is 3.67. The minimum atomic E-state index is -1.21. The Bertz CT molecular complexity index is 1150. The van der Waals surface area contributed by atoms with Crippen LogP contribution in [0.5, 0.6) is 11.5 Å². The van der Waals surface area contributed by atoms with Gasteiger partial charge >= 0.3 is 5.97 Å². The number of fused-ring (bicyclic) bond motifs is 2. The molecule has 4 aliphatic rings. The molecule has 0 aliphatic heterocycles. The van der Waals surface area contributed by atoms with Crippen molar-refractivity contribution in [3.63, 3.8) is 0 Å². The number of aliphatic carboxylic acids is 1. The van der Waals surface area contributed by atoms with Crippen LogP contribution in [-0.4, -0.2) is 60.4 Å². The molecule has 0 aromatic heterocycles. The highest BCUT2D eigenvalue weighted by Gasteiger charge is 2.52. The zero-order valence-electron chi connectivity index (χ0n) is 23.3. The Hall–Kier alpha value is -2.88. The maximum Gasteiger partial charge on any atom is 0.311 e. The van der Waals surface area contributed by atoms with Crippen molar-refractivity contribution < 1.29 is 38.5 Å². The van der Waals surface area contributed by atoms with Gasteiger partial charge in [-0.2, -0.15) is 0 Å². The molecule has 10 heteroatoms. The van der Waals surface area contributed by atoms with Crippen molar-refractivity contribution in [2.24, 2.45) is 28.6 Å². The van der Waals surface area contributed by atoms with Crippen molar-refractivity contribution in [3.05, 3.63) is 23.5 Å². The number of carbonyl (C=O) groups is 3. The van der Waals surface area contributed by atoms with E-state index in [4.69, 9.17) is 9.47 Å². The Morgan fingerprint density at radius 3 is 2.35 bits per heavy atom. The summed E-state index contributed by atoms with van der Waals surface area (Å²) in [5.74, 6) is -2.07. The van der Waals surface area contributed by atoms with Gasteiger partial charge in [0, 0.05) is 18.7 Å². The fourth-order valence-electron chi connectivity index (χ4n) is 7.33. The van der Waals surface area contributed by atoms with E-state index in [0.717, 1.165) is 38.2 Å². The van der Waals surface area contributed by atoms with Gasteiger partial charge in [-0.15, -0.1) is 0 Å². The number of carboxylic acid groups (broad SMARTS) is 1. The van der Waals surface area contributed by atoms with Gasteiger partial charge in [0.1, 0.15) is 5.75 Å². The summed E-state index contributed by atoms with van der Waals surface area (Å²) in [5.41, 5.74) is -0.924. The molecule has 40 heavy (non-hydrogen) atoms. The normalized spacial score (nSPS) is 32.1. The second-order valence-electron chi connectivity index (χ2n) is 12.8. The first-order valence-electron chi connectivity index (χ1n) is 14.5. The Kier molecular flexibility index (Phi) is 8.01. The van der Waals surface area contributed by atoms with Crippen molar-refractivity contribution >= 4 is 17.8 Å². The highest BCUT2D eigenvalue weighted by molar-refractivity contribution is 5.98. The Morgan fingerprint density at radius 2 is 1.75 bits per heavy atom. The summed E-state index contributed by atoms with van der Waals surface area (Å²) >= 11 is 0. The number of aliphatic hydroxyl groups excluding tert-OH is 1. The molecule has 220 valence electrons. The summed E-state index contributed by atoms with van der Waals surface area (Å²) in [4.78, 5) is 38.5. The number of hydrogen-bond acceptors (Lipinski definition) is 6. The molecule has 1 aromatic rings. The van der Waals surface area contributed by atoms with Crippen LogP contribution < -0.4 is 20.1 Å². The lowest BCUT2D eigenvalue weighted by molar-refractivity contribution is -0.155. The quantitative estimate of drug-likeness (QED) is 0.343. The maximum atomic E-state index is 15.0. The average molecular weight is 561 g/mol. The molecule has 0 saturated heterocycles. The SMILES string of the molecule is COc1cc(F)c(O[C@H]2CC[C@@](CO)(C(=O)O)CC2)cc1C(=O)N[C@@H]1[C@H]2CC[C@H](C2)[C@@H]1C(=O)NCC1(C)CCC1. The molecule has 0 radical (unpaired) electrons. The number of carboxylic acids is 1. The lowest BCUT2D eigenvalue weighted by Gasteiger charge is -2.39. The van der Waals surface area contributed by atoms with Crippen molar-refractivity contribution in [2.45, 2.75) is 83.3 Å². The van der Waals surface area contributed by atoms with Crippen LogP contribution in [0.2, 0.25) is 0 Å². The number of aliphatic hydroxyl groups is 1. The number of rotatable bonds is 10. The van der Waals surface area contributed by atoms with Gasteiger partial charge in [-0.3, -0.25) is 14.4 Å². The van der Waals surface area contributed by atoms with Crippen molar-refractivity contribution in [1.82, 2.24) is 10.6 Å². The van der Waals surface area contributed by atoms with Gasteiger partial charge in [-0.1, -0.05) is 13.3 Å². The molecular formula is C30H41FN2O7. The van der Waals surface area contributed by atoms with Crippen molar-refractivity contribution in [1.29, 1.82) is 0 Å². The van der Waals surface area contributed by atoms with E-state index < -0.39 is 35.8 Å². The first kappa shape index (κ1) is 28.6. The summed E-state index contributed by atoms with van der Waals surface area (Å²) in [6.07, 6.45) is 6.90. The lowest BCUT2D eigenvalue weighted by atomic mass is 9.70. The zero-order chi connectivity index (χ0) is 28.7. The molecule has 5 rings (SSSR count). The average Bonchev–Trinajstić information content (AvgIpc) is 3.54. The molecule has 4 atom stereocenters. The number of halogens is 1. The molecule has 4 saturated carbocycles. The zero-order valence-corrected chi connectivity index (χ0v) is 23.3. The third-order valence-electron chi connectivity index (χ3n) is 10.2. The molecule has 9 nitrogen and oxygen atoms in total. The van der Waals surface area contributed by atoms with Gasteiger partial charge in [0.25, 0.3) is 5.91 Å². The largest absolute Gasteiger partial charge is 0.496 e. The van der Waals surface area contributed by atoms with Crippen LogP contribution in [0.4, 0.5) is 4.39 Å². The number of ether oxygens (including phenoxy) is 2. The summed E-state index contributed by atoms with van der Waals surface area (Å²) in [7, 11) is 1.36. The molecule has 0 spiro atoms. The Balaban J connectivity index is 1.28. The number of hydrogen-bond donors (Lipinski definition) is 4. The van der Waals surface area contributed by atoms with E-state index >= 15 is 0 Å². The number of methoxy groups -OCH3 is 1. The minimum absolute atomic E-state index is 0.00154. The van der Waals surface area contributed by atoms with E-state index in [9.17, 15) is 29.0 Å². The molecule has 2 bridgehead atoms. The van der Waals surface area contributed by atoms with E-state index in [1.807, 2.05) is 0 Å². The summed E-state index contributed by atoms with van der Waals surface area (Å²) in [6, 6.07) is 2.14. The molecule has 0 heterocycles. The van der Waals surface area contributed by atoms with Gasteiger partial charge in [0.2, 0.25) is 5.91 Å². The van der Waals surface area contributed by atoms with E-state index in [0.29, 0.717) is 19.4 Å². The second-order valence-corrected chi connectivity index (χ2v) is 12.8. The van der Waals surface area contributed by atoms with Crippen molar-refractivity contribution in [3.8, 4) is 11.5 Å². The van der Waals surface area contributed by atoms with Crippen LogP contribution in [0, 0.1) is 34.4 Å². The summed E-state index contributed by atoms with van der Waals surface area (Å²) in [6.45, 7) is 2.39. The molecular weight excluding hydrogens is 519 g/mol. The van der Waals surface area contributed by atoms with E-state index in [-0.39, 0.29) is 65.0 Å². The minimum Gasteiger partial charge on any atom is -0.496 e. The fraction of sp³-hybridized carbons (Fsp3) is 0.700. The third kappa shape index (κ3) is 5.39. The topological polar surface area (TPSA) is 134 Å². The fourth-order valence-corrected chi connectivity index (χ4v) is 7.33. The maximum absolute atomic E-state index is 15.0. The second kappa shape index (κ2) is 11.2. The van der Waals surface area contributed by atoms with Crippen LogP contribution >= 0.6 is 0 Å². The number of nitrogens with one attached hydrogen (secondary N) is 2. The first-order valence-corrected chi connectivity index (χ1v) is 14.5. The number of amides is 2. The molecule has 1 aromatic carbocycles. The van der Waals surface area contributed by atoms with Gasteiger partial charge in [0.05, 0.1) is 36.7 Å². The molecule has 4 fully saturated rings. The first-order chi connectivity index (χ1) is 19.1. The van der Waals surface area contributed by atoms with Gasteiger partial charge in [-0.25, -0.2) is 4.39 Å². The van der Waals surface area contributed by atoms with E-state index in [1.54, 1.807) is 0 Å². The van der Waals surface area contributed by atoms with Gasteiger partial charge < -0.3 is 30.3 Å². The molecule has 4 aliphatic carbocycles. The Morgan fingerprint density at radius 1 is 1.05 bits per heavy atom. The smallest absolute Gasteiger partial charge is 0.311 e. The monoisotopic (exact) mass is 560 g/mol. The summed E-state index contributed by atoms with van der Waals surface area (Å²) in [5, 5.41) is 25.4. The third-order valence-corrected chi connectivity index (χ3v) is 10.2. The van der Waals surface area contributed by atoms with Crippen LogP contribution in [0.15, 0.2) is 12.1 Å². The van der Waals surface area contributed by atoms with Crippen LogP contribution in [-0.2, 0) is 9.59 Å². The molecule has 2 amide bonds. The predicted molar refractivity (Wildman–Crippen MR) is 144 cm³/mol. The van der Waals surface area contributed by atoms with Crippen LogP contribution in [0.25, 0.3) is 0 Å². The van der Waals surface area contributed by atoms with Crippen molar-refractivity contribution in [2.75, 3.05) is 20.3 Å². The molecule has 0 unspecified atom stereocenters. The summed E-state index contributed by atoms with van der Waals surface area (Å²) < 4.78 is 26.2. The van der Waals surface area contributed by atoms with Crippen LogP contribution in [0.3, 0.4) is 0 Å². The molecule has 4 N–H and O–H groups in total. The van der Waals surface area contributed by atoms with E-state index in [2.05, 4.69) is 17.6 Å². The highest BCUT2D eigenvalue weighted by Crippen LogP contribution is 2.49. The van der Waals surface area contributed by atoms with Gasteiger partial charge in [0.15, 0.2) is 11.6 Å². The highest BCUT2D eigenvalue weighted by atomic mass is 19.1. The number of carbonyl (C=O) groups excluding carboxylic acids is 2.